The molecule has 1 amide bonds. The number of hydrogen-bond acceptors (Lipinski definition) is 2. The molecular formula is C22H27BrN2O. The lowest BCUT2D eigenvalue weighted by molar-refractivity contribution is -0.137. The summed E-state index contributed by atoms with van der Waals surface area (Å²) in [6.45, 7) is 7.53. The maximum absolute atomic E-state index is 12.5. The average Bonchev–Trinajstić information content (AvgIpc) is 2.70. The van der Waals surface area contributed by atoms with Crippen LogP contribution < -0.4 is 0 Å². The number of benzene rings is 2. The minimum Gasteiger partial charge on any atom is -0.340 e. The number of piperazine rings is 1. The Balaban J connectivity index is 1.79. The molecule has 138 valence electrons. The molecule has 1 aliphatic rings. The number of hydrogen-bond donors (Lipinski definition) is 0. The summed E-state index contributed by atoms with van der Waals surface area (Å²) in [5.41, 5.74) is 2.60. The molecule has 0 aromatic heterocycles. The van der Waals surface area contributed by atoms with Crippen LogP contribution in [0.4, 0.5) is 0 Å². The molecule has 2 atom stereocenters. The first-order valence-corrected chi connectivity index (χ1v) is 10.2. The average molecular weight is 415 g/mol. The van der Waals surface area contributed by atoms with Gasteiger partial charge in [0.15, 0.2) is 0 Å². The summed E-state index contributed by atoms with van der Waals surface area (Å²) in [6.07, 6.45) is 0.907. The number of carbonyl (C=O) groups is 1. The maximum atomic E-state index is 12.5. The summed E-state index contributed by atoms with van der Waals surface area (Å²) in [7, 11) is 0. The maximum Gasteiger partial charge on any atom is 0.225 e. The van der Waals surface area contributed by atoms with Gasteiger partial charge in [-0.25, -0.2) is 0 Å². The molecule has 0 aliphatic carbocycles. The fraction of sp³-hybridized carbons (Fsp3) is 0.409. The molecule has 0 unspecified atom stereocenters. The minimum atomic E-state index is 0.123. The highest BCUT2D eigenvalue weighted by Crippen LogP contribution is 2.30. The summed E-state index contributed by atoms with van der Waals surface area (Å²) < 4.78 is 1.09. The quantitative estimate of drug-likeness (QED) is 0.705. The third kappa shape index (κ3) is 4.36. The van der Waals surface area contributed by atoms with Crippen LogP contribution in [0, 0.1) is 5.92 Å². The van der Waals surface area contributed by atoms with Gasteiger partial charge in [0.25, 0.3) is 0 Å². The first-order valence-electron chi connectivity index (χ1n) is 9.43. The molecule has 3 nitrogen and oxygen atoms in total. The zero-order valence-electron chi connectivity index (χ0n) is 15.6. The van der Waals surface area contributed by atoms with Crippen molar-refractivity contribution in [3.05, 3.63) is 70.2 Å². The number of amides is 1. The SMILES string of the molecule is CC[C@@H](C)C(=O)N1CCN([C@H](c2ccccc2)c2ccc(Br)cc2)CC1. The van der Waals surface area contributed by atoms with Crippen LogP contribution in [0.25, 0.3) is 0 Å². The Labute approximate surface area is 165 Å². The lowest BCUT2D eigenvalue weighted by atomic mass is 9.96. The second-order valence-electron chi connectivity index (χ2n) is 7.04. The number of halogens is 1. The van der Waals surface area contributed by atoms with Gasteiger partial charge in [0.05, 0.1) is 6.04 Å². The van der Waals surface area contributed by atoms with E-state index in [9.17, 15) is 4.79 Å². The van der Waals surface area contributed by atoms with Crippen LogP contribution in [-0.4, -0.2) is 41.9 Å². The Kier molecular flexibility index (Phi) is 6.49. The van der Waals surface area contributed by atoms with Gasteiger partial charge in [-0.15, -0.1) is 0 Å². The molecule has 2 aromatic carbocycles. The zero-order chi connectivity index (χ0) is 18.5. The molecule has 1 saturated heterocycles. The van der Waals surface area contributed by atoms with Crippen LogP contribution in [0.1, 0.15) is 37.4 Å². The van der Waals surface area contributed by atoms with Crippen molar-refractivity contribution in [3.8, 4) is 0 Å². The van der Waals surface area contributed by atoms with Crippen molar-refractivity contribution in [2.75, 3.05) is 26.2 Å². The standard InChI is InChI=1S/C22H27BrN2O/c1-3-17(2)22(26)25-15-13-24(14-16-25)21(18-7-5-4-6-8-18)19-9-11-20(23)12-10-19/h4-12,17,21H,3,13-16H2,1-2H3/t17-,21-/m1/s1. The van der Waals surface area contributed by atoms with Gasteiger partial charge in [0.2, 0.25) is 5.91 Å². The predicted molar refractivity (Wildman–Crippen MR) is 110 cm³/mol. The van der Waals surface area contributed by atoms with E-state index in [1.54, 1.807) is 0 Å². The molecule has 0 bridgehead atoms. The third-order valence-electron chi connectivity index (χ3n) is 5.33. The van der Waals surface area contributed by atoms with Crippen molar-refractivity contribution in [1.82, 2.24) is 9.80 Å². The summed E-state index contributed by atoms with van der Waals surface area (Å²) >= 11 is 3.53. The highest BCUT2D eigenvalue weighted by molar-refractivity contribution is 9.10. The largest absolute Gasteiger partial charge is 0.340 e. The molecule has 0 radical (unpaired) electrons. The van der Waals surface area contributed by atoms with Crippen molar-refractivity contribution in [1.29, 1.82) is 0 Å². The molecule has 2 aromatic rings. The zero-order valence-corrected chi connectivity index (χ0v) is 17.2. The first-order chi connectivity index (χ1) is 12.6. The Hall–Kier alpha value is -1.65. The van der Waals surface area contributed by atoms with Crippen molar-refractivity contribution >= 4 is 21.8 Å². The summed E-state index contributed by atoms with van der Waals surface area (Å²) in [5.74, 6) is 0.421. The van der Waals surface area contributed by atoms with Crippen molar-refractivity contribution in [2.45, 2.75) is 26.3 Å². The molecule has 1 heterocycles. The molecule has 1 aliphatic heterocycles. The van der Waals surface area contributed by atoms with E-state index >= 15 is 0 Å². The van der Waals surface area contributed by atoms with Crippen molar-refractivity contribution in [2.24, 2.45) is 5.92 Å². The topological polar surface area (TPSA) is 23.6 Å². The van der Waals surface area contributed by atoms with E-state index in [1.807, 2.05) is 11.8 Å². The van der Waals surface area contributed by atoms with E-state index in [4.69, 9.17) is 0 Å². The first kappa shape index (κ1) is 19.1. The monoisotopic (exact) mass is 414 g/mol. The third-order valence-corrected chi connectivity index (χ3v) is 5.85. The predicted octanol–water partition coefficient (Wildman–Crippen LogP) is 4.73. The van der Waals surface area contributed by atoms with Gasteiger partial charge in [-0.05, 0) is 29.7 Å². The van der Waals surface area contributed by atoms with Crippen LogP contribution in [0.15, 0.2) is 59.1 Å². The van der Waals surface area contributed by atoms with Gasteiger partial charge < -0.3 is 4.90 Å². The summed E-state index contributed by atoms with van der Waals surface area (Å²) in [4.78, 5) is 17.0. The van der Waals surface area contributed by atoms with Gasteiger partial charge in [-0.1, -0.05) is 72.2 Å². The van der Waals surface area contributed by atoms with E-state index in [0.717, 1.165) is 37.1 Å². The normalized spacial score (nSPS) is 17.7. The van der Waals surface area contributed by atoms with Gasteiger partial charge in [-0.3, -0.25) is 9.69 Å². The smallest absolute Gasteiger partial charge is 0.225 e. The molecule has 26 heavy (non-hydrogen) atoms. The van der Waals surface area contributed by atoms with Crippen LogP contribution in [0.2, 0.25) is 0 Å². The Morgan fingerprint density at radius 2 is 1.54 bits per heavy atom. The highest BCUT2D eigenvalue weighted by Gasteiger charge is 2.29. The molecule has 0 spiro atoms. The number of nitrogens with zero attached hydrogens (tertiary/aromatic N) is 2. The lowest BCUT2D eigenvalue weighted by Gasteiger charge is -2.40. The number of rotatable bonds is 5. The van der Waals surface area contributed by atoms with E-state index in [0.29, 0.717) is 5.91 Å². The highest BCUT2D eigenvalue weighted by atomic mass is 79.9. The van der Waals surface area contributed by atoms with Crippen LogP contribution in [0.3, 0.4) is 0 Å². The fourth-order valence-electron chi connectivity index (χ4n) is 3.58. The second kappa shape index (κ2) is 8.83. The van der Waals surface area contributed by atoms with Gasteiger partial charge in [-0.2, -0.15) is 0 Å². The van der Waals surface area contributed by atoms with Crippen LogP contribution in [-0.2, 0) is 4.79 Å². The van der Waals surface area contributed by atoms with Crippen LogP contribution >= 0.6 is 15.9 Å². The van der Waals surface area contributed by atoms with Gasteiger partial charge in [0.1, 0.15) is 0 Å². The second-order valence-corrected chi connectivity index (χ2v) is 7.95. The number of carbonyl (C=O) groups excluding carboxylic acids is 1. The lowest BCUT2D eigenvalue weighted by Crippen LogP contribution is -2.51. The Morgan fingerprint density at radius 3 is 2.12 bits per heavy atom. The molecule has 1 fully saturated rings. The summed E-state index contributed by atoms with van der Waals surface area (Å²) in [5, 5.41) is 0. The van der Waals surface area contributed by atoms with E-state index in [2.05, 4.69) is 82.4 Å². The molecule has 0 saturated carbocycles. The van der Waals surface area contributed by atoms with E-state index in [1.165, 1.54) is 11.1 Å². The van der Waals surface area contributed by atoms with Gasteiger partial charge in [0, 0.05) is 36.6 Å². The fourth-order valence-corrected chi connectivity index (χ4v) is 3.85. The molecular weight excluding hydrogens is 388 g/mol. The Bertz CT molecular complexity index is 709. The van der Waals surface area contributed by atoms with E-state index in [-0.39, 0.29) is 12.0 Å². The van der Waals surface area contributed by atoms with Gasteiger partial charge >= 0.3 is 0 Å². The molecule has 4 heteroatoms. The minimum absolute atomic E-state index is 0.123. The molecule has 3 rings (SSSR count). The molecule has 0 N–H and O–H groups in total. The Morgan fingerprint density at radius 1 is 0.962 bits per heavy atom. The summed E-state index contributed by atoms with van der Waals surface area (Å²) in [6, 6.07) is 19.5. The van der Waals surface area contributed by atoms with Crippen LogP contribution in [0.5, 0.6) is 0 Å². The van der Waals surface area contributed by atoms with E-state index < -0.39 is 0 Å². The van der Waals surface area contributed by atoms with Crippen molar-refractivity contribution < 1.29 is 4.79 Å². The van der Waals surface area contributed by atoms with Crippen molar-refractivity contribution in [3.63, 3.8) is 0 Å².